The van der Waals surface area contributed by atoms with Gasteiger partial charge >= 0.3 is 0 Å². The summed E-state index contributed by atoms with van der Waals surface area (Å²) in [7, 11) is 0. The van der Waals surface area contributed by atoms with Gasteiger partial charge in [0.2, 0.25) is 0 Å². The predicted molar refractivity (Wildman–Crippen MR) is 107 cm³/mol. The summed E-state index contributed by atoms with van der Waals surface area (Å²) in [5.74, 6) is 1.33. The van der Waals surface area contributed by atoms with Crippen LogP contribution in [0, 0.1) is 0 Å². The molecule has 0 aliphatic carbocycles. The van der Waals surface area contributed by atoms with Gasteiger partial charge in [0, 0.05) is 12.4 Å². The van der Waals surface area contributed by atoms with Gasteiger partial charge in [-0.1, -0.05) is 36.4 Å². The zero-order valence-electron chi connectivity index (χ0n) is 15.5. The van der Waals surface area contributed by atoms with Crippen LogP contribution < -0.4 is 14.8 Å². The third kappa shape index (κ3) is 4.31. The Balaban J connectivity index is 1.56. The number of nitrogens with zero attached hydrogens (tertiary/aromatic N) is 1. The van der Waals surface area contributed by atoms with E-state index in [0.717, 1.165) is 29.9 Å². The number of aromatic nitrogens is 1. The number of carbonyl (C=O) groups is 1. The number of carbonyl (C=O) groups excluding carboxylic acids is 1. The van der Waals surface area contributed by atoms with E-state index in [1.54, 1.807) is 24.5 Å². The van der Waals surface area contributed by atoms with Gasteiger partial charge in [-0.05, 0) is 48.2 Å². The van der Waals surface area contributed by atoms with Gasteiger partial charge in [0.25, 0.3) is 5.91 Å². The highest BCUT2D eigenvalue weighted by Crippen LogP contribution is 2.33. The van der Waals surface area contributed by atoms with Gasteiger partial charge in [0.05, 0.1) is 11.6 Å². The number of pyridine rings is 1. The molecule has 1 aliphatic rings. The van der Waals surface area contributed by atoms with Crippen LogP contribution in [0.1, 0.15) is 33.9 Å². The highest BCUT2D eigenvalue weighted by molar-refractivity contribution is 5.94. The summed E-state index contributed by atoms with van der Waals surface area (Å²) in [5.41, 5.74) is 2.78. The number of benzene rings is 2. The Morgan fingerprint density at radius 3 is 2.61 bits per heavy atom. The van der Waals surface area contributed by atoms with E-state index >= 15 is 0 Å². The average molecular weight is 374 g/mol. The fourth-order valence-corrected chi connectivity index (χ4v) is 3.29. The van der Waals surface area contributed by atoms with Crippen LogP contribution in [-0.2, 0) is 6.42 Å². The molecular weight excluding hydrogens is 352 g/mol. The van der Waals surface area contributed by atoms with E-state index in [1.165, 1.54) is 5.56 Å². The summed E-state index contributed by atoms with van der Waals surface area (Å²) < 4.78 is 11.3. The van der Waals surface area contributed by atoms with Crippen molar-refractivity contribution < 1.29 is 14.3 Å². The third-order valence-electron chi connectivity index (χ3n) is 4.76. The molecule has 142 valence electrons. The average Bonchev–Trinajstić information content (AvgIpc) is 2.77. The number of hydrogen-bond acceptors (Lipinski definition) is 4. The fraction of sp³-hybridized carbons (Fsp3) is 0.217. The van der Waals surface area contributed by atoms with Crippen LogP contribution in [0.3, 0.4) is 0 Å². The largest absolute Gasteiger partial charge is 0.486 e. The zero-order chi connectivity index (χ0) is 19.2. The number of nitrogens with one attached hydrogen (secondary N) is 1. The minimum Gasteiger partial charge on any atom is -0.486 e. The third-order valence-corrected chi connectivity index (χ3v) is 4.76. The standard InChI is InChI=1S/C23H22N2O3/c26-23(19-7-4-12-24-16-19)25-20(10-8-17-5-2-1-3-6-17)18-9-11-21-22(15-18)28-14-13-27-21/h1-7,9,11-12,15-16,20H,8,10,13-14H2,(H,25,26). The second-order valence-electron chi connectivity index (χ2n) is 6.70. The second kappa shape index (κ2) is 8.57. The SMILES string of the molecule is O=C(NC(CCc1ccccc1)c1ccc2c(c1)OCCO2)c1cccnc1. The number of fused-ring (bicyclic) bond motifs is 1. The Kier molecular flexibility index (Phi) is 5.52. The van der Waals surface area contributed by atoms with Crippen molar-refractivity contribution in [1.82, 2.24) is 10.3 Å². The highest BCUT2D eigenvalue weighted by Gasteiger charge is 2.19. The van der Waals surface area contributed by atoms with Crippen molar-refractivity contribution in [2.45, 2.75) is 18.9 Å². The molecule has 5 nitrogen and oxygen atoms in total. The van der Waals surface area contributed by atoms with E-state index in [2.05, 4.69) is 22.4 Å². The quantitative estimate of drug-likeness (QED) is 0.710. The van der Waals surface area contributed by atoms with Crippen LogP contribution in [0.5, 0.6) is 11.5 Å². The van der Waals surface area contributed by atoms with Crippen molar-refractivity contribution >= 4 is 5.91 Å². The summed E-state index contributed by atoms with van der Waals surface area (Å²) in [4.78, 5) is 16.8. The Labute approximate surface area is 164 Å². The number of rotatable bonds is 6. The Bertz CT molecular complexity index is 929. The van der Waals surface area contributed by atoms with Crippen LogP contribution in [0.15, 0.2) is 73.1 Å². The summed E-state index contributed by atoms with van der Waals surface area (Å²) in [6.45, 7) is 1.09. The molecule has 2 aromatic carbocycles. The molecule has 0 radical (unpaired) electrons. The van der Waals surface area contributed by atoms with E-state index in [0.29, 0.717) is 18.8 Å². The second-order valence-corrected chi connectivity index (χ2v) is 6.70. The van der Waals surface area contributed by atoms with Crippen LogP contribution in [0.4, 0.5) is 0 Å². The Morgan fingerprint density at radius 1 is 1.00 bits per heavy atom. The van der Waals surface area contributed by atoms with E-state index in [4.69, 9.17) is 9.47 Å². The number of hydrogen-bond donors (Lipinski definition) is 1. The van der Waals surface area contributed by atoms with Crippen molar-refractivity contribution in [3.05, 3.63) is 89.7 Å². The molecule has 0 saturated heterocycles. The molecule has 0 fully saturated rings. The Hall–Kier alpha value is -3.34. The topological polar surface area (TPSA) is 60.5 Å². The molecule has 0 spiro atoms. The lowest BCUT2D eigenvalue weighted by molar-refractivity contribution is 0.0934. The van der Waals surface area contributed by atoms with Gasteiger partial charge < -0.3 is 14.8 Å². The van der Waals surface area contributed by atoms with Crippen LogP contribution >= 0.6 is 0 Å². The number of amides is 1. The molecule has 1 N–H and O–H groups in total. The highest BCUT2D eigenvalue weighted by atomic mass is 16.6. The number of aryl methyl sites for hydroxylation is 1. The van der Waals surface area contributed by atoms with Crippen LogP contribution in [0.25, 0.3) is 0 Å². The first-order valence-electron chi connectivity index (χ1n) is 9.44. The summed E-state index contributed by atoms with van der Waals surface area (Å²) in [6.07, 6.45) is 4.86. The lowest BCUT2D eigenvalue weighted by Crippen LogP contribution is -2.29. The zero-order valence-corrected chi connectivity index (χ0v) is 15.5. The first-order valence-corrected chi connectivity index (χ1v) is 9.44. The molecule has 1 aliphatic heterocycles. The van der Waals surface area contributed by atoms with Crippen molar-refractivity contribution in [2.75, 3.05) is 13.2 Å². The summed E-state index contributed by atoms with van der Waals surface area (Å²) >= 11 is 0. The normalized spacial score (nSPS) is 13.6. The summed E-state index contributed by atoms with van der Waals surface area (Å²) in [6, 6.07) is 19.5. The maximum absolute atomic E-state index is 12.7. The fourth-order valence-electron chi connectivity index (χ4n) is 3.29. The first-order chi connectivity index (χ1) is 13.8. The van der Waals surface area contributed by atoms with Gasteiger partial charge in [-0.15, -0.1) is 0 Å². The van der Waals surface area contributed by atoms with Crippen LogP contribution in [0.2, 0.25) is 0 Å². The lowest BCUT2D eigenvalue weighted by atomic mass is 9.98. The predicted octanol–water partition coefficient (Wildman–Crippen LogP) is 3.96. The minimum atomic E-state index is -0.149. The molecule has 1 aromatic heterocycles. The lowest BCUT2D eigenvalue weighted by Gasteiger charge is -2.23. The van der Waals surface area contributed by atoms with Gasteiger partial charge in [-0.2, -0.15) is 0 Å². The van der Waals surface area contributed by atoms with E-state index in [1.807, 2.05) is 36.4 Å². The molecule has 2 heterocycles. The van der Waals surface area contributed by atoms with Crippen molar-refractivity contribution in [3.63, 3.8) is 0 Å². The molecule has 1 unspecified atom stereocenters. The van der Waals surface area contributed by atoms with Gasteiger partial charge in [-0.3, -0.25) is 9.78 Å². The molecule has 3 aromatic rings. The van der Waals surface area contributed by atoms with E-state index in [9.17, 15) is 4.79 Å². The van der Waals surface area contributed by atoms with Gasteiger partial charge in [-0.25, -0.2) is 0 Å². The molecule has 5 heteroatoms. The number of ether oxygens (including phenoxy) is 2. The van der Waals surface area contributed by atoms with Gasteiger partial charge in [0.15, 0.2) is 11.5 Å². The minimum absolute atomic E-state index is 0.138. The Morgan fingerprint density at radius 2 is 1.82 bits per heavy atom. The smallest absolute Gasteiger partial charge is 0.253 e. The molecule has 0 bridgehead atoms. The molecule has 4 rings (SSSR count). The van der Waals surface area contributed by atoms with Gasteiger partial charge in [0.1, 0.15) is 13.2 Å². The molecule has 28 heavy (non-hydrogen) atoms. The molecule has 1 atom stereocenters. The maximum atomic E-state index is 12.7. The molecule has 1 amide bonds. The van der Waals surface area contributed by atoms with Crippen molar-refractivity contribution in [3.8, 4) is 11.5 Å². The summed E-state index contributed by atoms with van der Waals surface area (Å²) in [5, 5.41) is 3.15. The van der Waals surface area contributed by atoms with E-state index in [-0.39, 0.29) is 11.9 Å². The maximum Gasteiger partial charge on any atom is 0.253 e. The van der Waals surface area contributed by atoms with E-state index < -0.39 is 0 Å². The first kappa shape index (κ1) is 18.0. The van der Waals surface area contributed by atoms with Crippen LogP contribution in [-0.4, -0.2) is 24.1 Å². The van der Waals surface area contributed by atoms with Crippen molar-refractivity contribution in [1.29, 1.82) is 0 Å². The molecular formula is C23H22N2O3. The molecule has 0 saturated carbocycles. The monoisotopic (exact) mass is 374 g/mol. The van der Waals surface area contributed by atoms with Crippen molar-refractivity contribution in [2.24, 2.45) is 0 Å².